The quantitative estimate of drug-likeness (QED) is 0.818. The lowest BCUT2D eigenvalue weighted by molar-refractivity contribution is -0.129. The second-order valence-electron chi connectivity index (χ2n) is 9.26. The minimum atomic E-state index is -1.33. The number of hydrogen-bond acceptors (Lipinski definition) is 5. The molecule has 1 unspecified atom stereocenters. The molecule has 0 spiro atoms. The first-order chi connectivity index (χ1) is 12.4. The fourth-order valence-electron chi connectivity index (χ4n) is 3.55. The molecule has 3 heterocycles. The van der Waals surface area contributed by atoms with Crippen molar-refractivity contribution in [3.8, 4) is 6.07 Å². The maximum absolute atomic E-state index is 13.1. The molecule has 1 aliphatic heterocycles. The van der Waals surface area contributed by atoms with Gasteiger partial charge in [0.05, 0.1) is 30.4 Å². The van der Waals surface area contributed by atoms with Crippen molar-refractivity contribution in [3.63, 3.8) is 0 Å². The first-order valence-electron chi connectivity index (χ1n) is 9.08. The van der Waals surface area contributed by atoms with E-state index in [0.29, 0.717) is 17.8 Å². The van der Waals surface area contributed by atoms with Gasteiger partial charge in [-0.05, 0) is 32.4 Å². The number of aromatic nitrogens is 4. The van der Waals surface area contributed by atoms with Crippen molar-refractivity contribution in [2.24, 2.45) is 0 Å². The predicted molar refractivity (Wildman–Crippen MR) is 105 cm³/mol. The highest BCUT2D eigenvalue weighted by atomic mass is 28.3. The van der Waals surface area contributed by atoms with Gasteiger partial charge in [-0.1, -0.05) is 30.9 Å². The zero-order valence-electron chi connectivity index (χ0n) is 16.8. The molecule has 1 N–H and O–H groups in total. The second kappa shape index (κ2) is 6.27. The molecular formula is C19H26N6OSi. The SMILES string of the molecule is CC1(C)NC(=O)C(C)(Cc2cn(C[Si](C)(C)C)nn2)c2nc(C#N)ccc21. The number of fused-ring (bicyclic) bond motifs is 1. The first-order valence-corrected chi connectivity index (χ1v) is 12.8. The van der Waals surface area contributed by atoms with Crippen molar-refractivity contribution >= 4 is 14.0 Å². The Morgan fingerprint density at radius 3 is 2.59 bits per heavy atom. The van der Waals surface area contributed by atoms with Gasteiger partial charge in [0.25, 0.3) is 0 Å². The van der Waals surface area contributed by atoms with Crippen LogP contribution in [-0.4, -0.2) is 34.0 Å². The highest BCUT2D eigenvalue weighted by molar-refractivity contribution is 6.74. The summed E-state index contributed by atoms with van der Waals surface area (Å²) in [5.74, 6) is -0.109. The predicted octanol–water partition coefficient (Wildman–Crippen LogP) is 2.29. The van der Waals surface area contributed by atoms with E-state index in [2.05, 4.69) is 46.3 Å². The molecule has 1 amide bonds. The van der Waals surface area contributed by atoms with Crippen LogP contribution in [0.25, 0.3) is 0 Å². The van der Waals surface area contributed by atoms with E-state index < -0.39 is 19.0 Å². The maximum atomic E-state index is 13.1. The number of pyridine rings is 1. The van der Waals surface area contributed by atoms with Crippen LogP contribution in [0, 0.1) is 11.3 Å². The van der Waals surface area contributed by atoms with Gasteiger partial charge in [0.2, 0.25) is 5.91 Å². The Bertz CT molecular complexity index is 936. The van der Waals surface area contributed by atoms with Crippen LogP contribution in [0.1, 0.15) is 43.4 Å². The second-order valence-corrected chi connectivity index (χ2v) is 14.7. The molecule has 142 valence electrons. The van der Waals surface area contributed by atoms with Crippen LogP contribution >= 0.6 is 0 Å². The van der Waals surface area contributed by atoms with Crippen LogP contribution in [-0.2, 0) is 28.3 Å². The Kier molecular flexibility index (Phi) is 4.47. The smallest absolute Gasteiger partial charge is 0.233 e. The summed E-state index contributed by atoms with van der Waals surface area (Å²) < 4.78 is 1.87. The van der Waals surface area contributed by atoms with Crippen molar-refractivity contribution in [2.75, 3.05) is 0 Å². The van der Waals surface area contributed by atoms with Crippen LogP contribution in [0.2, 0.25) is 19.6 Å². The monoisotopic (exact) mass is 382 g/mol. The van der Waals surface area contributed by atoms with E-state index >= 15 is 0 Å². The minimum Gasteiger partial charge on any atom is -0.346 e. The van der Waals surface area contributed by atoms with Gasteiger partial charge in [-0.3, -0.25) is 9.48 Å². The van der Waals surface area contributed by atoms with E-state index in [1.54, 1.807) is 6.07 Å². The molecule has 0 saturated carbocycles. The molecule has 8 heteroatoms. The number of rotatable bonds is 4. The molecule has 7 nitrogen and oxygen atoms in total. The first kappa shape index (κ1) is 19.2. The topological polar surface area (TPSA) is 96.5 Å². The van der Waals surface area contributed by atoms with Crippen LogP contribution in [0.15, 0.2) is 18.3 Å². The summed E-state index contributed by atoms with van der Waals surface area (Å²) in [6.45, 7) is 12.6. The van der Waals surface area contributed by atoms with Crippen molar-refractivity contribution in [1.29, 1.82) is 5.26 Å². The largest absolute Gasteiger partial charge is 0.346 e. The molecule has 1 aliphatic rings. The fourth-order valence-corrected chi connectivity index (χ4v) is 4.68. The Balaban J connectivity index is 2.02. The van der Waals surface area contributed by atoms with Gasteiger partial charge in [0.15, 0.2) is 0 Å². The average Bonchev–Trinajstić information content (AvgIpc) is 2.97. The molecule has 0 bridgehead atoms. The fraction of sp³-hybridized carbons (Fsp3) is 0.526. The third-order valence-corrected chi connectivity index (χ3v) is 6.16. The number of nitriles is 1. The summed E-state index contributed by atoms with van der Waals surface area (Å²) >= 11 is 0. The summed E-state index contributed by atoms with van der Waals surface area (Å²) in [5.41, 5.74) is 1.20. The van der Waals surface area contributed by atoms with Crippen molar-refractivity contribution in [3.05, 3.63) is 41.0 Å². The molecular weight excluding hydrogens is 356 g/mol. The third kappa shape index (κ3) is 3.65. The molecule has 2 aromatic heterocycles. The molecule has 0 aromatic carbocycles. The van der Waals surface area contributed by atoms with Crippen molar-refractivity contribution < 1.29 is 4.79 Å². The van der Waals surface area contributed by atoms with E-state index in [1.807, 2.05) is 37.7 Å². The number of nitrogens with zero attached hydrogens (tertiary/aromatic N) is 5. The number of carbonyl (C=O) groups excluding carboxylic acids is 1. The number of carbonyl (C=O) groups is 1. The van der Waals surface area contributed by atoms with E-state index in [4.69, 9.17) is 0 Å². The van der Waals surface area contributed by atoms with E-state index in [9.17, 15) is 10.1 Å². The van der Waals surface area contributed by atoms with E-state index in [-0.39, 0.29) is 5.91 Å². The standard InChI is InChI=1S/C19H26N6OSi/c1-18(2)15-8-7-13(10-20)21-16(15)19(3,17(26)22-18)9-14-11-25(24-23-14)12-27(4,5)6/h7-8,11H,9,12H2,1-6H3,(H,22,26). The lowest BCUT2D eigenvalue weighted by Gasteiger charge is -2.42. The molecule has 0 radical (unpaired) electrons. The molecule has 1 atom stereocenters. The molecule has 27 heavy (non-hydrogen) atoms. The van der Waals surface area contributed by atoms with Crippen LogP contribution in [0.5, 0.6) is 0 Å². The summed E-state index contributed by atoms with van der Waals surface area (Å²) in [4.78, 5) is 17.6. The molecule has 0 aliphatic carbocycles. The highest BCUT2D eigenvalue weighted by Crippen LogP contribution is 2.39. The van der Waals surface area contributed by atoms with Gasteiger partial charge in [-0.2, -0.15) is 5.26 Å². The summed E-state index contributed by atoms with van der Waals surface area (Å²) in [6.07, 6.45) is 3.18. The van der Waals surface area contributed by atoms with E-state index in [1.165, 1.54) is 0 Å². The zero-order chi connectivity index (χ0) is 20.0. The van der Waals surface area contributed by atoms with Crippen LogP contribution in [0.3, 0.4) is 0 Å². The number of amides is 1. The van der Waals surface area contributed by atoms with Crippen LogP contribution in [0.4, 0.5) is 0 Å². The summed E-state index contributed by atoms with van der Waals surface area (Å²) in [5, 5.41) is 20.9. The number of nitrogens with one attached hydrogen (secondary N) is 1. The zero-order valence-corrected chi connectivity index (χ0v) is 17.8. The summed E-state index contributed by atoms with van der Waals surface area (Å²) in [6, 6.07) is 5.67. The van der Waals surface area contributed by atoms with Gasteiger partial charge in [0, 0.05) is 18.8 Å². The summed E-state index contributed by atoms with van der Waals surface area (Å²) in [7, 11) is -1.33. The van der Waals surface area contributed by atoms with Gasteiger partial charge in [-0.15, -0.1) is 5.10 Å². The Morgan fingerprint density at radius 2 is 1.96 bits per heavy atom. The molecule has 0 fully saturated rings. The van der Waals surface area contributed by atoms with Crippen molar-refractivity contribution in [2.45, 2.75) is 64.0 Å². The average molecular weight is 383 g/mol. The van der Waals surface area contributed by atoms with Gasteiger partial charge in [-0.25, -0.2) is 4.98 Å². The van der Waals surface area contributed by atoms with Crippen molar-refractivity contribution in [1.82, 2.24) is 25.3 Å². The maximum Gasteiger partial charge on any atom is 0.233 e. The van der Waals surface area contributed by atoms with Gasteiger partial charge >= 0.3 is 0 Å². The third-order valence-electron chi connectivity index (χ3n) is 4.89. The normalized spacial score (nSPS) is 21.3. The molecule has 3 rings (SSSR count). The number of hydrogen-bond donors (Lipinski definition) is 1. The minimum absolute atomic E-state index is 0.109. The lowest BCUT2D eigenvalue weighted by atomic mass is 9.71. The molecule has 0 saturated heterocycles. The Labute approximate surface area is 160 Å². The van der Waals surface area contributed by atoms with Crippen LogP contribution < -0.4 is 5.32 Å². The van der Waals surface area contributed by atoms with E-state index in [0.717, 1.165) is 17.4 Å². The molecule has 2 aromatic rings. The lowest BCUT2D eigenvalue weighted by Crippen LogP contribution is -2.57. The highest BCUT2D eigenvalue weighted by Gasteiger charge is 2.48. The van der Waals surface area contributed by atoms with Gasteiger partial charge < -0.3 is 5.32 Å². The van der Waals surface area contributed by atoms with Gasteiger partial charge in [0.1, 0.15) is 11.8 Å². The Hall–Kier alpha value is -2.53. The Morgan fingerprint density at radius 1 is 1.26 bits per heavy atom.